The molecule has 2 aromatic carbocycles. The Morgan fingerprint density at radius 1 is 0.923 bits per heavy atom. The zero-order valence-electron chi connectivity index (χ0n) is 16.7. The minimum Gasteiger partial charge on any atom is -0.399 e. The minimum atomic E-state index is -1.000. The van der Waals surface area contributed by atoms with Gasteiger partial charge in [0, 0.05) is 0 Å². The van der Waals surface area contributed by atoms with E-state index in [1.54, 1.807) is 0 Å². The van der Waals surface area contributed by atoms with Gasteiger partial charge in [0.2, 0.25) is 0 Å². The summed E-state index contributed by atoms with van der Waals surface area (Å²) in [5.41, 5.74) is 2.19. The Morgan fingerprint density at radius 2 is 1.50 bits per heavy atom. The van der Waals surface area contributed by atoms with E-state index in [1.165, 1.54) is 0 Å². The van der Waals surface area contributed by atoms with Crippen molar-refractivity contribution in [1.82, 2.24) is 0 Å². The molecule has 0 amide bonds. The van der Waals surface area contributed by atoms with Crippen molar-refractivity contribution >= 4 is 12.6 Å². The maximum Gasteiger partial charge on any atom is 0.494 e. The van der Waals surface area contributed by atoms with Crippen LogP contribution >= 0.6 is 0 Å². The van der Waals surface area contributed by atoms with Crippen LogP contribution in [0.4, 0.5) is 0 Å². The molecule has 1 N–H and O–H groups in total. The Kier molecular flexibility index (Phi) is 4.81. The van der Waals surface area contributed by atoms with Crippen LogP contribution in [0.1, 0.15) is 57.7 Å². The van der Waals surface area contributed by atoms with Gasteiger partial charge in [-0.1, -0.05) is 61.0 Å². The van der Waals surface area contributed by atoms with Crippen molar-refractivity contribution < 1.29 is 14.4 Å². The Labute approximate surface area is 157 Å². The molecule has 4 heteroatoms. The molecule has 1 aliphatic heterocycles. The summed E-state index contributed by atoms with van der Waals surface area (Å²) < 4.78 is 12.2. The van der Waals surface area contributed by atoms with Crippen LogP contribution in [0.25, 0.3) is 0 Å². The molecule has 26 heavy (non-hydrogen) atoms. The molecular formula is C22H29BO3. The number of benzene rings is 2. The van der Waals surface area contributed by atoms with Gasteiger partial charge in [0.1, 0.15) is 5.60 Å². The first-order valence-corrected chi connectivity index (χ1v) is 9.35. The van der Waals surface area contributed by atoms with Gasteiger partial charge in [-0.2, -0.15) is 0 Å². The molecule has 1 saturated heterocycles. The van der Waals surface area contributed by atoms with E-state index < -0.39 is 5.60 Å². The van der Waals surface area contributed by atoms with Crippen molar-refractivity contribution in [2.75, 3.05) is 0 Å². The molecule has 1 fully saturated rings. The Morgan fingerprint density at radius 3 is 2.00 bits per heavy atom. The lowest BCUT2D eigenvalue weighted by atomic mass is 9.76. The Balaban J connectivity index is 1.90. The predicted octanol–water partition coefficient (Wildman–Crippen LogP) is 3.94. The first-order chi connectivity index (χ1) is 12.1. The van der Waals surface area contributed by atoms with Crippen LogP contribution in [0, 0.1) is 6.92 Å². The molecule has 3 nitrogen and oxygen atoms in total. The average molecular weight is 352 g/mol. The van der Waals surface area contributed by atoms with Gasteiger partial charge >= 0.3 is 7.12 Å². The smallest absolute Gasteiger partial charge is 0.399 e. The van der Waals surface area contributed by atoms with Crippen molar-refractivity contribution in [3.63, 3.8) is 0 Å². The summed E-state index contributed by atoms with van der Waals surface area (Å²) in [4.78, 5) is 0. The highest BCUT2D eigenvalue weighted by Crippen LogP contribution is 2.37. The zero-order chi connectivity index (χ0) is 19.2. The zero-order valence-corrected chi connectivity index (χ0v) is 16.7. The molecule has 0 saturated carbocycles. The van der Waals surface area contributed by atoms with Gasteiger partial charge in [0.05, 0.1) is 11.2 Å². The number of aliphatic hydroxyl groups is 1. The van der Waals surface area contributed by atoms with E-state index in [4.69, 9.17) is 9.31 Å². The van der Waals surface area contributed by atoms with Crippen molar-refractivity contribution in [3.8, 4) is 0 Å². The van der Waals surface area contributed by atoms with Crippen molar-refractivity contribution in [3.05, 3.63) is 65.2 Å². The molecule has 138 valence electrons. The quantitative estimate of drug-likeness (QED) is 0.847. The molecule has 1 heterocycles. The SMILES string of the molecule is CCC(O)(c1ccc(B2OC(C)(C)C(C)(C)O2)cc1)c1cccc(C)c1. The highest BCUT2D eigenvalue weighted by atomic mass is 16.7. The van der Waals surface area contributed by atoms with E-state index >= 15 is 0 Å². The summed E-state index contributed by atoms with van der Waals surface area (Å²) in [6, 6.07) is 16.0. The lowest BCUT2D eigenvalue weighted by molar-refractivity contribution is 0.00578. The van der Waals surface area contributed by atoms with E-state index in [-0.39, 0.29) is 18.3 Å². The second kappa shape index (κ2) is 6.52. The van der Waals surface area contributed by atoms with Gasteiger partial charge in [-0.3, -0.25) is 0 Å². The standard InChI is InChI=1S/C22H29BO3/c1-7-22(24,18-10-8-9-16(2)15-18)17-11-13-19(14-12-17)23-25-20(3,4)21(5,6)26-23/h8-15,24H,7H2,1-6H3. The fourth-order valence-corrected chi connectivity index (χ4v) is 3.37. The molecular weight excluding hydrogens is 323 g/mol. The third-order valence-corrected chi connectivity index (χ3v) is 5.92. The molecule has 0 aromatic heterocycles. The van der Waals surface area contributed by atoms with Crippen molar-refractivity contribution in [2.45, 2.75) is 64.8 Å². The van der Waals surface area contributed by atoms with Crippen LogP contribution < -0.4 is 5.46 Å². The first-order valence-electron chi connectivity index (χ1n) is 9.35. The fourth-order valence-electron chi connectivity index (χ4n) is 3.37. The molecule has 1 aliphatic rings. The van der Waals surface area contributed by atoms with Crippen molar-refractivity contribution in [1.29, 1.82) is 0 Å². The summed E-state index contributed by atoms with van der Waals surface area (Å²) >= 11 is 0. The van der Waals surface area contributed by atoms with Crippen molar-refractivity contribution in [2.24, 2.45) is 0 Å². The maximum atomic E-state index is 11.3. The topological polar surface area (TPSA) is 38.7 Å². The molecule has 0 spiro atoms. The highest BCUT2D eigenvalue weighted by Gasteiger charge is 2.51. The van der Waals surface area contributed by atoms with Gasteiger partial charge in [0.15, 0.2) is 0 Å². The van der Waals surface area contributed by atoms with Gasteiger partial charge in [-0.15, -0.1) is 0 Å². The molecule has 0 aliphatic carbocycles. The third-order valence-electron chi connectivity index (χ3n) is 5.92. The third kappa shape index (κ3) is 3.22. The molecule has 0 radical (unpaired) electrons. The van der Waals surface area contributed by atoms with Gasteiger partial charge in [0.25, 0.3) is 0 Å². The summed E-state index contributed by atoms with van der Waals surface area (Å²) in [7, 11) is -0.386. The molecule has 3 rings (SSSR count). The monoisotopic (exact) mass is 352 g/mol. The normalized spacial score (nSPS) is 20.8. The highest BCUT2D eigenvalue weighted by molar-refractivity contribution is 6.62. The van der Waals surface area contributed by atoms with Gasteiger partial charge < -0.3 is 14.4 Å². The largest absolute Gasteiger partial charge is 0.494 e. The lowest BCUT2D eigenvalue weighted by Crippen LogP contribution is -2.41. The number of aryl methyl sites for hydroxylation is 1. The molecule has 2 aromatic rings. The number of rotatable bonds is 4. The maximum absolute atomic E-state index is 11.3. The van der Waals surface area contributed by atoms with Gasteiger partial charge in [-0.05, 0) is 57.6 Å². The van der Waals surface area contributed by atoms with E-state index in [0.717, 1.165) is 22.2 Å². The van der Waals surface area contributed by atoms with E-state index in [2.05, 4.69) is 27.7 Å². The second-order valence-corrected chi connectivity index (χ2v) is 8.29. The van der Waals surface area contributed by atoms with Crippen LogP contribution in [0.3, 0.4) is 0 Å². The predicted molar refractivity (Wildman–Crippen MR) is 107 cm³/mol. The fraction of sp³-hybridized carbons (Fsp3) is 0.455. The van der Waals surface area contributed by atoms with E-state index in [1.807, 2.05) is 62.4 Å². The molecule has 1 atom stereocenters. The summed E-state index contributed by atoms with van der Waals surface area (Å²) in [5, 5.41) is 11.3. The average Bonchev–Trinajstić information content (AvgIpc) is 2.82. The summed E-state index contributed by atoms with van der Waals surface area (Å²) in [6.45, 7) is 12.2. The lowest BCUT2D eigenvalue weighted by Gasteiger charge is -2.32. The van der Waals surface area contributed by atoms with E-state index in [0.29, 0.717) is 6.42 Å². The van der Waals surface area contributed by atoms with Crippen LogP contribution in [-0.2, 0) is 14.9 Å². The summed E-state index contributed by atoms with van der Waals surface area (Å²) in [5.74, 6) is 0. The molecule has 0 bridgehead atoms. The first kappa shape index (κ1) is 19.2. The number of hydrogen-bond donors (Lipinski definition) is 1. The van der Waals surface area contributed by atoms with E-state index in [9.17, 15) is 5.11 Å². The Hall–Kier alpha value is -1.62. The van der Waals surface area contributed by atoms with Crippen LogP contribution in [0.5, 0.6) is 0 Å². The van der Waals surface area contributed by atoms with Crippen LogP contribution in [-0.4, -0.2) is 23.4 Å². The Bertz CT molecular complexity index is 766. The van der Waals surface area contributed by atoms with Gasteiger partial charge in [-0.25, -0.2) is 0 Å². The minimum absolute atomic E-state index is 0.359. The molecule has 1 unspecified atom stereocenters. The van der Waals surface area contributed by atoms with Crippen LogP contribution in [0.15, 0.2) is 48.5 Å². The van der Waals surface area contributed by atoms with Crippen LogP contribution in [0.2, 0.25) is 0 Å². The number of hydrogen-bond acceptors (Lipinski definition) is 3. The summed E-state index contributed by atoms with van der Waals surface area (Å²) in [6.07, 6.45) is 0.603. The second-order valence-electron chi connectivity index (χ2n) is 8.29.